The summed E-state index contributed by atoms with van der Waals surface area (Å²) in [6.07, 6.45) is 6.95. The van der Waals surface area contributed by atoms with Crippen LogP contribution in [0.25, 0.3) is 5.57 Å². The van der Waals surface area contributed by atoms with Crippen molar-refractivity contribution in [3.05, 3.63) is 34.6 Å². The number of nitrogens with zero attached hydrogens (tertiary/aromatic N) is 2. The van der Waals surface area contributed by atoms with Crippen molar-refractivity contribution in [1.29, 1.82) is 0 Å². The first-order valence-corrected chi connectivity index (χ1v) is 8.05. The zero-order valence-electron chi connectivity index (χ0n) is 15.3. The van der Waals surface area contributed by atoms with Crippen LogP contribution in [0.5, 0.6) is 0 Å². The van der Waals surface area contributed by atoms with Crippen molar-refractivity contribution in [2.24, 2.45) is 4.99 Å². The minimum atomic E-state index is -0.261. The smallest absolute Gasteiger partial charge is 0.110 e. The largest absolute Gasteiger partial charge is 0.372 e. The zero-order valence-corrected chi connectivity index (χ0v) is 14.3. The Morgan fingerprint density at radius 3 is 2.55 bits per heavy atom. The number of aliphatic imine (C=N–C) groups is 1. The summed E-state index contributed by atoms with van der Waals surface area (Å²) >= 11 is 0. The van der Waals surface area contributed by atoms with Gasteiger partial charge in [0.05, 0.1) is 13.6 Å². The van der Waals surface area contributed by atoms with Crippen LogP contribution in [0.15, 0.2) is 17.1 Å². The Morgan fingerprint density at radius 2 is 2.05 bits per heavy atom. The predicted molar refractivity (Wildman–Crippen MR) is 91.5 cm³/mol. The van der Waals surface area contributed by atoms with E-state index in [9.17, 15) is 0 Å². The van der Waals surface area contributed by atoms with Gasteiger partial charge in [-0.1, -0.05) is 26.8 Å². The normalized spacial score (nSPS) is 20.6. The van der Waals surface area contributed by atoms with Crippen molar-refractivity contribution in [2.45, 2.75) is 58.0 Å². The molecule has 0 unspecified atom stereocenters. The molecule has 22 heavy (non-hydrogen) atoms. The third kappa shape index (κ3) is 2.63. The van der Waals surface area contributed by atoms with Crippen LogP contribution in [0.2, 0.25) is 0 Å². The molecule has 0 aromatic carbocycles. The van der Waals surface area contributed by atoms with Crippen molar-refractivity contribution >= 4 is 11.8 Å². The standard InChI is InChI=1S/C19H26N2O/c1-13-12-15(18(2,3)4)21-17(19(22-5)8-9-19)16(13)14-6-10-20-11-7-14/h6,11-12H,7-10H2,1-5H3/i12D. The minimum absolute atomic E-state index is 0.151. The lowest BCUT2D eigenvalue weighted by Crippen LogP contribution is -2.22. The van der Waals surface area contributed by atoms with Gasteiger partial charge in [0.15, 0.2) is 0 Å². The number of hydrogen-bond acceptors (Lipinski definition) is 3. The van der Waals surface area contributed by atoms with Crippen molar-refractivity contribution in [2.75, 3.05) is 13.7 Å². The van der Waals surface area contributed by atoms with Crippen LogP contribution in [0.1, 0.15) is 63.9 Å². The van der Waals surface area contributed by atoms with E-state index in [-0.39, 0.29) is 11.0 Å². The summed E-state index contributed by atoms with van der Waals surface area (Å²) in [6.45, 7) is 9.12. The zero-order chi connectivity index (χ0) is 16.8. The van der Waals surface area contributed by atoms with Gasteiger partial charge in [0.2, 0.25) is 0 Å². The molecule has 3 rings (SSSR count). The fourth-order valence-electron chi connectivity index (χ4n) is 3.03. The number of rotatable bonds is 3. The SMILES string of the molecule is [2H]c1c(C(C)(C)C)nc(C2(OC)CC2)c(C2=CCN=CC2)c1C. The molecular formula is C19H26N2O. The van der Waals surface area contributed by atoms with E-state index in [4.69, 9.17) is 11.1 Å². The van der Waals surface area contributed by atoms with E-state index in [0.29, 0.717) is 12.6 Å². The molecule has 0 spiro atoms. The Hall–Kier alpha value is -1.48. The molecule has 2 heterocycles. The van der Waals surface area contributed by atoms with E-state index in [1.165, 1.54) is 5.57 Å². The predicted octanol–water partition coefficient (Wildman–Crippen LogP) is 4.18. The fourth-order valence-corrected chi connectivity index (χ4v) is 3.03. The summed E-state index contributed by atoms with van der Waals surface area (Å²) in [5.41, 5.74) is 4.85. The molecular weight excluding hydrogens is 272 g/mol. The van der Waals surface area contributed by atoms with Crippen LogP contribution >= 0.6 is 0 Å². The third-order valence-corrected chi connectivity index (χ3v) is 4.58. The molecule has 2 aliphatic rings. The third-order valence-electron chi connectivity index (χ3n) is 4.58. The van der Waals surface area contributed by atoms with Gasteiger partial charge in [0.25, 0.3) is 0 Å². The first-order valence-electron chi connectivity index (χ1n) is 8.55. The van der Waals surface area contributed by atoms with Crippen molar-refractivity contribution in [1.82, 2.24) is 4.98 Å². The van der Waals surface area contributed by atoms with Crippen LogP contribution in [0, 0.1) is 6.92 Å². The van der Waals surface area contributed by atoms with Gasteiger partial charge in [-0.25, -0.2) is 0 Å². The number of ether oxygens (including phenoxy) is 1. The molecule has 0 bridgehead atoms. The average molecular weight is 299 g/mol. The second kappa shape index (κ2) is 5.31. The Morgan fingerprint density at radius 1 is 1.32 bits per heavy atom. The molecule has 0 amide bonds. The first kappa shape index (κ1) is 14.1. The minimum Gasteiger partial charge on any atom is -0.372 e. The van der Waals surface area contributed by atoms with E-state index in [2.05, 4.69) is 38.8 Å². The second-order valence-corrected chi connectivity index (χ2v) is 7.36. The maximum Gasteiger partial charge on any atom is 0.110 e. The van der Waals surface area contributed by atoms with Crippen LogP contribution in [-0.2, 0) is 15.8 Å². The molecule has 1 aliphatic heterocycles. The van der Waals surface area contributed by atoms with Gasteiger partial charge in [0.1, 0.15) is 5.60 Å². The van der Waals surface area contributed by atoms with E-state index in [0.717, 1.165) is 41.8 Å². The number of aromatic nitrogens is 1. The second-order valence-electron chi connectivity index (χ2n) is 7.36. The van der Waals surface area contributed by atoms with Crippen molar-refractivity contribution < 1.29 is 6.11 Å². The van der Waals surface area contributed by atoms with Gasteiger partial charge >= 0.3 is 0 Å². The Labute approximate surface area is 134 Å². The van der Waals surface area contributed by atoms with E-state index < -0.39 is 0 Å². The molecule has 0 N–H and O–H groups in total. The van der Waals surface area contributed by atoms with Crippen LogP contribution in [0.4, 0.5) is 0 Å². The maximum atomic E-state index is 8.62. The molecule has 1 aromatic heterocycles. The quantitative estimate of drug-likeness (QED) is 0.839. The Balaban J connectivity index is 2.26. The van der Waals surface area contributed by atoms with Gasteiger partial charge in [-0.3, -0.25) is 9.98 Å². The monoisotopic (exact) mass is 299 g/mol. The average Bonchev–Trinajstić information content (AvgIpc) is 3.30. The lowest BCUT2D eigenvalue weighted by Gasteiger charge is -2.26. The highest BCUT2D eigenvalue weighted by molar-refractivity contribution is 5.83. The fraction of sp³-hybridized carbons (Fsp3) is 0.579. The van der Waals surface area contributed by atoms with Crippen molar-refractivity contribution in [3.8, 4) is 0 Å². The summed E-state index contributed by atoms with van der Waals surface area (Å²) in [5, 5.41) is 0. The molecule has 0 saturated heterocycles. The highest BCUT2D eigenvalue weighted by Crippen LogP contribution is 2.51. The Kier molecular flexibility index (Phi) is 3.41. The first-order chi connectivity index (χ1) is 10.8. The van der Waals surface area contributed by atoms with Crippen LogP contribution in [0.3, 0.4) is 0 Å². The number of pyridine rings is 1. The van der Waals surface area contributed by atoms with Gasteiger partial charge in [-0.05, 0) is 36.9 Å². The Bertz CT molecular complexity index is 694. The number of hydrogen-bond donors (Lipinski definition) is 0. The lowest BCUT2D eigenvalue weighted by atomic mass is 9.86. The van der Waals surface area contributed by atoms with Gasteiger partial charge in [-0.2, -0.15) is 0 Å². The highest BCUT2D eigenvalue weighted by atomic mass is 16.5. The number of methoxy groups -OCH3 is 1. The molecule has 1 aromatic rings. The summed E-state index contributed by atoms with van der Waals surface area (Å²) in [5.74, 6) is 0. The molecule has 0 atom stereocenters. The lowest BCUT2D eigenvalue weighted by molar-refractivity contribution is 0.0745. The van der Waals surface area contributed by atoms with Crippen molar-refractivity contribution in [3.63, 3.8) is 0 Å². The molecule has 3 nitrogen and oxygen atoms in total. The van der Waals surface area contributed by atoms with E-state index >= 15 is 0 Å². The van der Waals surface area contributed by atoms with E-state index in [1.54, 1.807) is 7.11 Å². The number of allylic oxidation sites excluding steroid dienone is 1. The summed E-state index contributed by atoms with van der Waals surface area (Å²) in [6, 6.07) is 0.562. The van der Waals surface area contributed by atoms with Gasteiger partial charge < -0.3 is 4.74 Å². The molecule has 0 radical (unpaired) electrons. The van der Waals surface area contributed by atoms with E-state index in [1.807, 2.05) is 6.21 Å². The summed E-state index contributed by atoms with van der Waals surface area (Å²) in [7, 11) is 1.77. The van der Waals surface area contributed by atoms with Crippen LogP contribution in [-0.4, -0.2) is 24.9 Å². The molecule has 3 heteroatoms. The molecule has 1 fully saturated rings. The molecule has 118 valence electrons. The van der Waals surface area contributed by atoms with Crippen LogP contribution < -0.4 is 0 Å². The molecule has 1 saturated carbocycles. The topological polar surface area (TPSA) is 34.5 Å². The molecule has 1 aliphatic carbocycles. The highest BCUT2D eigenvalue weighted by Gasteiger charge is 2.48. The van der Waals surface area contributed by atoms with Gasteiger partial charge in [0, 0.05) is 36.4 Å². The number of dihydropyridines is 1. The summed E-state index contributed by atoms with van der Waals surface area (Å²) < 4.78 is 14.5. The van der Waals surface area contributed by atoms with Gasteiger partial charge in [-0.15, -0.1) is 0 Å². The summed E-state index contributed by atoms with van der Waals surface area (Å²) in [4.78, 5) is 9.28. The maximum absolute atomic E-state index is 8.62.